The first kappa shape index (κ1) is 30.6. The third kappa shape index (κ3) is 8.02. The second-order valence-electron chi connectivity index (χ2n) is 9.44. The zero-order valence-corrected chi connectivity index (χ0v) is 21.7. The summed E-state index contributed by atoms with van der Waals surface area (Å²) in [5, 5.41) is 35.9. The van der Waals surface area contributed by atoms with E-state index in [-0.39, 0.29) is 37.1 Å². The largest absolute Gasteiger partial charge is 0.481 e. The van der Waals surface area contributed by atoms with Gasteiger partial charge in [-0.2, -0.15) is 18.3 Å². The van der Waals surface area contributed by atoms with Gasteiger partial charge >= 0.3 is 12.1 Å². The van der Waals surface area contributed by atoms with Crippen LogP contribution in [0.5, 0.6) is 5.88 Å². The number of carbonyl (C=O) groups is 2. The molecule has 2 aromatic carbocycles. The molecule has 0 saturated carbocycles. The fraction of sp³-hybridized carbons (Fsp3) is 0.370. The molecule has 3 rings (SSSR count). The predicted octanol–water partition coefficient (Wildman–Crippen LogP) is 4.05. The highest BCUT2D eigenvalue weighted by atomic mass is 19.4. The van der Waals surface area contributed by atoms with Crippen molar-refractivity contribution in [2.45, 2.75) is 57.5 Å². The van der Waals surface area contributed by atoms with Crippen molar-refractivity contribution in [3.05, 3.63) is 76.7 Å². The van der Waals surface area contributed by atoms with Crippen LogP contribution in [0.4, 0.5) is 17.6 Å². The summed E-state index contributed by atoms with van der Waals surface area (Å²) in [6.07, 6.45) is -7.91. The van der Waals surface area contributed by atoms with Crippen LogP contribution in [-0.4, -0.2) is 55.8 Å². The lowest BCUT2D eigenvalue weighted by Crippen LogP contribution is -2.26. The number of aliphatic carboxylic acids is 1. The molecule has 0 aliphatic rings. The number of nitrogens with one attached hydrogen (secondary N) is 1. The number of benzene rings is 2. The van der Waals surface area contributed by atoms with Gasteiger partial charge in [0.15, 0.2) is 5.69 Å². The van der Waals surface area contributed by atoms with Crippen LogP contribution in [-0.2, 0) is 17.5 Å². The van der Waals surface area contributed by atoms with E-state index >= 15 is 0 Å². The van der Waals surface area contributed by atoms with Crippen LogP contribution < -0.4 is 10.1 Å². The first-order valence-electron chi connectivity index (χ1n) is 12.3. The molecule has 13 heteroatoms. The van der Waals surface area contributed by atoms with E-state index in [0.29, 0.717) is 16.8 Å². The molecule has 1 amide bonds. The number of alkyl halides is 3. The van der Waals surface area contributed by atoms with Crippen LogP contribution in [0.2, 0.25) is 0 Å². The highest BCUT2D eigenvalue weighted by Gasteiger charge is 2.30. The van der Waals surface area contributed by atoms with Crippen LogP contribution >= 0.6 is 0 Å². The third-order valence-corrected chi connectivity index (χ3v) is 5.84. The van der Waals surface area contributed by atoms with Crippen molar-refractivity contribution in [1.82, 2.24) is 15.1 Å². The molecule has 0 fully saturated rings. The lowest BCUT2D eigenvalue weighted by atomic mass is 10.0. The molecule has 0 aliphatic heterocycles. The first-order chi connectivity index (χ1) is 18.8. The Morgan fingerprint density at radius 1 is 1.02 bits per heavy atom. The van der Waals surface area contributed by atoms with Gasteiger partial charge in [0.25, 0.3) is 5.91 Å². The number of ether oxygens (including phenoxy) is 1. The number of hydrogen-bond acceptors (Lipinski definition) is 6. The van der Waals surface area contributed by atoms with Crippen molar-refractivity contribution >= 4 is 11.9 Å². The number of amides is 1. The highest BCUT2D eigenvalue weighted by Crippen LogP contribution is 2.33. The summed E-state index contributed by atoms with van der Waals surface area (Å²) in [6, 6.07) is 9.47. The van der Waals surface area contributed by atoms with Crippen molar-refractivity contribution in [3.63, 3.8) is 0 Å². The smallest absolute Gasteiger partial charge is 0.416 e. The number of carboxylic acid groups (broad SMARTS) is 1. The number of hydrogen-bond donors (Lipinski definition) is 4. The summed E-state index contributed by atoms with van der Waals surface area (Å²) < 4.78 is 59.2. The fourth-order valence-electron chi connectivity index (χ4n) is 3.92. The maximum absolute atomic E-state index is 13.6. The number of rotatable bonds is 12. The van der Waals surface area contributed by atoms with Crippen LogP contribution in [0, 0.1) is 5.82 Å². The van der Waals surface area contributed by atoms with Gasteiger partial charge in [-0.25, -0.2) is 9.07 Å². The molecule has 216 valence electrons. The van der Waals surface area contributed by atoms with Gasteiger partial charge in [0.1, 0.15) is 12.4 Å². The van der Waals surface area contributed by atoms with Gasteiger partial charge in [0, 0.05) is 18.5 Å². The van der Waals surface area contributed by atoms with Crippen LogP contribution in [0.3, 0.4) is 0 Å². The molecule has 0 bridgehead atoms. The molecular weight excluding hydrogens is 538 g/mol. The fourth-order valence-corrected chi connectivity index (χ4v) is 3.92. The number of carboxylic acids is 1. The van der Waals surface area contributed by atoms with Gasteiger partial charge in [-0.1, -0.05) is 26.0 Å². The summed E-state index contributed by atoms with van der Waals surface area (Å²) in [4.78, 5) is 24.0. The average molecular weight is 568 g/mol. The molecule has 3 aromatic rings. The van der Waals surface area contributed by atoms with E-state index < -0.39 is 48.1 Å². The van der Waals surface area contributed by atoms with E-state index in [1.807, 2.05) is 0 Å². The van der Waals surface area contributed by atoms with Crippen LogP contribution in [0.1, 0.15) is 59.8 Å². The summed E-state index contributed by atoms with van der Waals surface area (Å²) in [5.74, 6) is -2.67. The minimum atomic E-state index is -4.49. The van der Waals surface area contributed by atoms with Gasteiger partial charge in [-0.15, -0.1) is 0 Å². The molecule has 1 heterocycles. The Bertz CT molecular complexity index is 1310. The summed E-state index contributed by atoms with van der Waals surface area (Å²) in [5.41, 5.74) is 0.224. The first-order valence-corrected chi connectivity index (χ1v) is 12.3. The zero-order chi connectivity index (χ0) is 29.6. The lowest BCUT2D eigenvalue weighted by Gasteiger charge is -2.17. The van der Waals surface area contributed by atoms with Crippen LogP contribution in [0.25, 0.3) is 5.69 Å². The predicted molar refractivity (Wildman–Crippen MR) is 135 cm³/mol. The average Bonchev–Trinajstić information content (AvgIpc) is 3.25. The van der Waals surface area contributed by atoms with Gasteiger partial charge in [0.05, 0.1) is 29.9 Å². The van der Waals surface area contributed by atoms with E-state index in [9.17, 15) is 37.4 Å². The van der Waals surface area contributed by atoms with E-state index in [2.05, 4.69) is 10.4 Å². The molecule has 2 atom stereocenters. The minimum absolute atomic E-state index is 0.0540. The number of aliphatic hydroxyl groups excluding tert-OH is 2. The Morgan fingerprint density at radius 3 is 2.20 bits per heavy atom. The summed E-state index contributed by atoms with van der Waals surface area (Å²) >= 11 is 0. The Hall–Kier alpha value is -3.97. The third-order valence-electron chi connectivity index (χ3n) is 5.84. The zero-order valence-electron chi connectivity index (χ0n) is 21.7. The Balaban J connectivity index is 1.88. The molecule has 0 radical (unpaired) electrons. The van der Waals surface area contributed by atoms with Gasteiger partial charge in [0.2, 0.25) is 5.88 Å². The number of aromatic nitrogens is 2. The number of halogens is 4. The molecule has 0 saturated heterocycles. The van der Waals surface area contributed by atoms with E-state index in [4.69, 9.17) is 9.84 Å². The summed E-state index contributed by atoms with van der Waals surface area (Å²) in [6.45, 7) is 3.06. The SMILES string of the molecule is CC(C)c1c(C(=O)NCc2ccc(C(F)(F)F)cc2)nn(-c2ccc(F)cc2)c1OCC(O)CC(O)CC(=O)O. The van der Waals surface area contributed by atoms with Crippen molar-refractivity contribution < 1.29 is 47.2 Å². The molecule has 1 aromatic heterocycles. The molecule has 2 unspecified atom stereocenters. The molecule has 0 spiro atoms. The monoisotopic (exact) mass is 567 g/mol. The van der Waals surface area contributed by atoms with Gasteiger partial charge < -0.3 is 25.4 Å². The minimum Gasteiger partial charge on any atom is -0.481 e. The van der Waals surface area contributed by atoms with Crippen molar-refractivity contribution in [2.24, 2.45) is 0 Å². The highest BCUT2D eigenvalue weighted by molar-refractivity contribution is 5.94. The normalized spacial score (nSPS) is 13.2. The van der Waals surface area contributed by atoms with Crippen molar-refractivity contribution in [2.75, 3.05) is 6.61 Å². The molecule has 4 N–H and O–H groups in total. The molecule has 40 heavy (non-hydrogen) atoms. The Labute approximate surface area is 227 Å². The Kier molecular flexibility index (Phi) is 9.88. The second-order valence-corrected chi connectivity index (χ2v) is 9.44. The topological polar surface area (TPSA) is 134 Å². The Morgan fingerprint density at radius 2 is 1.65 bits per heavy atom. The molecule has 0 aliphatic carbocycles. The van der Waals surface area contributed by atoms with Crippen LogP contribution in [0.15, 0.2) is 48.5 Å². The second kappa shape index (κ2) is 12.9. The standard InChI is InChI=1S/C27H29F4N3O6/c1-15(2)23-24(25(39)32-13-16-3-5-17(6-4-16)27(29,30)31)33-34(19-9-7-18(28)8-10-19)26(23)40-14-21(36)11-20(35)12-22(37)38/h3-10,15,20-21,35-36H,11-14H2,1-2H3,(H,32,39)(H,37,38). The van der Waals surface area contributed by atoms with E-state index in [1.165, 1.54) is 41.1 Å². The number of aliphatic hydroxyl groups is 2. The molecular formula is C27H29F4N3O6. The van der Waals surface area contributed by atoms with Crippen molar-refractivity contribution in [3.8, 4) is 11.6 Å². The maximum Gasteiger partial charge on any atom is 0.416 e. The quantitative estimate of drug-likeness (QED) is 0.243. The van der Waals surface area contributed by atoms with E-state index in [1.54, 1.807) is 13.8 Å². The maximum atomic E-state index is 13.6. The van der Waals surface area contributed by atoms with Crippen molar-refractivity contribution in [1.29, 1.82) is 0 Å². The number of nitrogens with zero attached hydrogens (tertiary/aromatic N) is 2. The molecule has 9 nitrogen and oxygen atoms in total. The number of carbonyl (C=O) groups excluding carboxylic acids is 1. The summed E-state index contributed by atoms with van der Waals surface area (Å²) in [7, 11) is 0. The lowest BCUT2D eigenvalue weighted by molar-refractivity contribution is -0.140. The van der Waals surface area contributed by atoms with E-state index in [0.717, 1.165) is 12.1 Å². The van der Waals surface area contributed by atoms with Gasteiger partial charge in [-0.3, -0.25) is 9.59 Å². The van der Waals surface area contributed by atoms with Gasteiger partial charge in [-0.05, 0) is 47.9 Å².